The van der Waals surface area contributed by atoms with Crippen molar-refractivity contribution in [2.24, 2.45) is 12.0 Å². The van der Waals surface area contributed by atoms with Crippen molar-refractivity contribution < 1.29 is 4.74 Å². The van der Waals surface area contributed by atoms with Gasteiger partial charge in [-0.3, -0.25) is 14.6 Å². The van der Waals surface area contributed by atoms with Crippen LogP contribution in [0.3, 0.4) is 0 Å². The van der Waals surface area contributed by atoms with Crippen LogP contribution in [0.1, 0.15) is 43.0 Å². The van der Waals surface area contributed by atoms with Gasteiger partial charge in [0.2, 0.25) is 0 Å². The minimum absolute atomic E-state index is 0.201. The molecule has 8 heteroatoms. The average Bonchev–Trinajstić information content (AvgIpc) is 3.46. The largest absolute Gasteiger partial charge is 0.496 e. The van der Waals surface area contributed by atoms with E-state index in [0.29, 0.717) is 6.54 Å². The van der Waals surface area contributed by atoms with E-state index in [1.54, 1.807) is 7.11 Å². The molecule has 1 saturated heterocycles. The fourth-order valence-corrected chi connectivity index (χ4v) is 4.33. The van der Waals surface area contributed by atoms with Gasteiger partial charge in [-0.25, -0.2) is 0 Å². The van der Waals surface area contributed by atoms with E-state index in [1.165, 1.54) is 24.0 Å². The maximum atomic E-state index is 5.68. The van der Waals surface area contributed by atoms with Crippen LogP contribution in [0.25, 0.3) is 0 Å². The van der Waals surface area contributed by atoms with Gasteiger partial charge in [-0.1, -0.05) is 18.2 Å². The van der Waals surface area contributed by atoms with Crippen LogP contribution in [0.4, 0.5) is 0 Å². The third kappa shape index (κ3) is 6.23. The third-order valence-corrected chi connectivity index (χ3v) is 6.04. The summed E-state index contributed by atoms with van der Waals surface area (Å²) in [6.07, 6.45) is 6.48. The first kappa shape index (κ1) is 24.1. The summed E-state index contributed by atoms with van der Waals surface area (Å²) >= 11 is 0. The zero-order valence-electron chi connectivity index (χ0n) is 20.2. The monoisotopic (exact) mass is 441 g/mol. The SMILES string of the molecule is CCNC(=NCC(c1ccccc1OC)N1CCCC1)NCC(c1cnn(C)c1)N(C)C. The minimum atomic E-state index is 0.201. The lowest BCUT2D eigenvalue weighted by Gasteiger charge is -2.28. The van der Waals surface area contributed by atoms with Crippen LogP contribution in [-0.2, 0) is 7.05 Å². The Morgan fingerprint density at radius 2 is 1.97 bits per heavy atom. The molecule has 2 atom stereocenters. The van der Waals surface area contributed by atoms with Gasteiger partial charge < -0.3 is 20.3 Å². The molecule has 0 radical (unpaired) electrons. The molecule has 2 N–H and O–H groups in total. The normalized spacial score (nSPS) is 16.9. The molecule has 0 amide bonds. The number of methoxy groups -OCH3 is 1. The summed E-state index contributed by atoms with van der Waals surface area (Å²) in [6, 6.07) is 8.73. The van der Waals surface area contributed by atoms with Crippen molar-refractivity contribution >= 4 is 5.96 Å². The molecule has 0 spiro atoms. The molecule has 2 heterocycles. The van der Waals surface area contributed by atoms with Gasteiger partial charge in [-0.05, 0) is 53.0 Å². The second-order valence-electron chi connectivity index (χ2n) is 8.53. The molecule has 32 heavy (non-hydrogen) atoms. The summed E-state index contributed by atoms with van der Waals surface area (Å²) in [7, 11) is 7.88. The second kappa shape index (κ2) is 11.9. The quantitative estimate of drug-likeness (QED) is 0.436. The van der Waals surface area contributed by atoms with E-state index in [4.69, 9.17) is 9.73 Å². The number of nitrogens with one attached hydrogen (secondary N) is 2. The second-order valence-corrected chi connectivity index (χ2v) is 8.53. The van der Waals surface area contributed by atoms with Gasteiger partial charge in [-0.15, -0.1) is 0 Å². The van der Waals surface area contributed by atoms with Gasteiger partial charge in [0.1, 0.15) is 5.75 Å². The summed E-state index contributed by atoms with van der Waals surface area (Å²) in [4.78, 5) is 9.73. The molecule has 1 aliphatic rings. The first-order valence-corrected chi connectivity index (χ1v) is 11.6. The van der Waals surface area contributed by atoms with E-state index in [9.17, 15) is 0 Å². The van der Waals surface area contributed by atoms with Crippen molar-refractivity contribution in [1.29, 1.82) is 0 Å². The number of para-hydroxylation sites is 1. The Morgan fingerprint density at radius 1 is 1.22 bits per heavy atom. The predicted molar refractivity (Wildman–Crippen MR) is 130 cm³/mol. The molecule has 1 aromatic heterocycles. The Morgan fingerprint density at radius 3 is 2.59 bits per heavy atom. The standard InChI is InChI=1S/C24H39N7O/c1-6-25-24(26-16-21(29(2)3)19-15-28-30(4)18-19)27-17-22(31-13-9-10-14-31)20-11-7-8-12-23(20)32-5/h7-8,11-12,15,18,21-22H,6,9-10,13-14,16-17H2,1-5H3,(H2,25,26,27). The van der Waals surface area contributed by atoms with Gasteiger partial charge >= 0.3 is 0 Å². The highest BCUT2D eigenvalue weighted by molar-refractivity contribution is 5.79. The van der Waals surface area contributed by atoms with Crippen molar-refractivity contribution in [3.05, 3.63) is 47.8 Å². The van der Waals surface area contributed by atoms with E-state index < -0.39 is 0 Å². The fourth-order valence-electron chi connectivity index (χ4n) is 4.33. The number of benzene rings is 1. The highest BCUT2D eigenvalue weighted by Gasteiger charge is 2.26. The molecular weight excluding hydrogens is 402 g/mol. The number of nitrogens with zero attached hydrogens (tertiary/aromatic N) is 5. The summed E-state index contributed by atoms with van der Waals surface area (Å²) in [6.45, 7) is 6.54. The molecule has 3 rings (SSSR count). The number of hydrogen-bond acceptors (Lipinski definition) is 5. The van der Waals surface area contributed by atoms with Crippen LogP contribution < -0.4 is 15.4 Å². The van der Waals surface area contributed by atoms with Crippen molar-refractivity contribution in [3.8, 4) is 5.75 Å². The average molecular weight is 442 g/mol. The first-order valence-electron chi connectivity index (χ1n) is 11.6. The molecule has 8 nitrogen and oxygen atoms in total. The van der Waals surface area contributed by atoms with E-state index in [0.717, 1.165) is 37.9 Å². The Kier molecular flexibility index (Phi) is 8.93. The van der Waals surface area contributed by atoms with Crippen LogP contribution >= 0.6 is 0 Å². The topological polar surface area (TPSA) is 70.0 Å². The van der Waals surface area contributed by atoms with Crippen molar-refractivity contribution in [1.82, 2.24) is 30.2 Å². The number of aryl methyl sites for hydroxylation is 1. The summed E-state index contributed by atoms with van der Waals surface area (Å²) in [5, 5.41) is 11.3. The molecule has 1 fully saturated rings. The highest BCUT2D eigenvalue weighted by Crippen LogP contribution is 2.31. The zero-order chi connectivity index (χ0) is 22.9. The van der Waals surface area contributed by atoms with Gasteiger partial charge in [-0.2, -0.15) is 5.10 Å². The van der Waals surface area contributed by atoms with Crippen LogP contribution in [0.2, 0.25) is 0 Å². The smallest absolute Gasteiger partial charge is 0.191 e. The first-order chi connectivity index (χ1) is 15.5. The molecule has 0 aliphatic carbocycles. The van der Waals surface area contributed by atoms with Crippen LogP contribution in [-0.4, -0.2) is 79.5 Å². The lowest BCUT2D eigenvalue weighted by atomic mass is 10.0. The maximum Gasteiger partial charge on any atom is 0.191 e. The fraction of sp³-hybridized carbons (Fsp3) is 0.583. The number of hydrogen-bond donors (Lipinski definition) is 2. The molecule has 176 valence electrons. The van der Waals surface area contributed by atoms with Crippen molar-refractivity contribution in [2.45, 2.75) is 31.8 Å². The molecule has 1 aliphatic heterocycles. The van der Waals surface area contributed by atoms with Gasteiger partial charge in [0.05, 0.1) is 31.9 Å². The summed E-state index contributed by atoms with van der Waals surface area (Å²) in [5.74, 6) is 1.77. The molecule has 2 unspecified atom stereocenters. The van der Waals surface area contributed by atoms with E-state index >= 15 is 0 Å². The molecule has 2 aromatic rings. The maximum absolute atomic E-state index is 5.68. The Balaban J connectivity index is 1.76. The highest BCUT2D eigenvalue weighted by atomic mass is 16.5. The summed E-state index contributed by atoms with van der Waals surface area (Å²) in [5.41, 5.74) is 2.39. The van der Waals surface area contributed by atoms with E-state index in [2.05, 4.69) is 64.9 Å². The van der Waals surface area contributed by atoms with Crippen molar-refractivity contribution in [3.63, 3.8) is 0 Å². The number of likely N-dealkylation sites (tertiary alicyclic amines) is 1. The molecule has 1 aromatic carbocycles. The third-order valence-electron chi connectivity index (χ3n) is 6.04. The van der Waals surface area contributed by atoms with Crippen LogP contribution in [0.5, 0.6) is 5.75 Å². The summed E-state index contributed by atoms with van der Waals surface area (Å²) < 4.78 is 7.52. The van der Waals surface area contributed by atoms with Crippen LogP contribution in [0.15, 0.2) is 41.7 Å². The molecule has 0 saturated carbocycles. The predicted octanol–water partition coefficient (Wildman–Crippen LogP) is 2.42. The molecule has 0 bridgehead atoms. The minimum Gasteiger partial charge on any atom is -0.496 e. The van der Waals surface area contributed by atoms with Gasteiger partial charge in [0.15, 0.2) is 5.96 Å². The Labute approximate surface area is 192 Å². The number of rotatable bonds is 10. The zero-order valence-corrected chi connectivity index (χ0v) is 20.2. The number of ether oxygens (including phenoxy) is 1. The Bertz CT molecular complexity index is 858. The molecular formula is C24H39N7O. The number of guanidine groups is 1. The lowest BCUT2D eigenvalue weighted by Crippen LogP contribution is -2.42. The van der Waals surface area contributed by atoms with Crippen molar-refractivity contribution in [2.75, 3.05) is 53.9 Å². The van der Waals surface area contributed by atoms with Gasteiger partial charge in [0.25, 0.3) is 0 Å². The van der Waals surface area contributed by atoms with E-state index in [-0.39, 0.29) is 12.1 Å². The number of likely N-dealkylation sites (N-methyl/N-ethyl adjacent to an activating group) is 1. The van der Waals surface area contributed by atoms with E-state index in [1.807, 2.05) is 30.1 Å². The van der Waals surface area contributed by atoms with Gasteiger partial charge in [0, 0.05) is 37.5 Å². The lowest BCUT2D eigenvalue weighted by molar-refractivity contribution is 0.245. The number of aliphatic imine (C=N–C) groups is 1. The Hall–Kier alpha value is -2.58. The number of aromatic nitrogens is 2. The van der Waals surface area contributed by atoms with Crippen LogP contribution in [0, 0.1) is 0 Å².